The zero-order valence-electron chi connectivity index (χ0n) is 19.4. The minimum Gasteiger partial charge on any atom is -0.345 e. The Morgan fingerprint density at radius 3 is 2.40 bits per heavy atom. The van der Waals surface area contributed by atoms with Crippen LogP contribution in [0.5, 0.6) is 0 Å². The second-order valence-electron chi connectivity index (χ2n) is 7.86. The van der Waals surface area contributed by atoms with Gasteiger partial charge in [-0.25, -0.2) is 17.2 Å². The summed E-state index contributed by atoms with van der Waals surface area (Å²) in [6.45, 7) is 5.61. The van der Waals surface area contributed by atoms with E-state index in [0.717, 1.165) is 25.2 Å². The van der Waals surface area contributed by atoms with Gasteiger partial charge in [-0.05, 0) is 37.4 Å². The number of ether oxygens (including phenoxy) is 1. The van der Waals surface area contributed by atoms with Gasteiger partial charge in [-0.1, -0.05) is 37.6 Å². The molecular formula is C23H28ClF2N5O3S. The summed E-state index contributed by atoms with van der Waals surface area (Å²) in [5, 5.41) is 2.45. The third-order valence-corrected chi connectivity index (χ3v) is 7.12. The first-order chi connectivity index (χ1) is 16.6. The highest BCUT2D eigenvalue weighted by atomic mass is 35.5. The van der Waals surface area contributed by atoms with Gasteiger partial charge in [-0.2, -0.15) is 0 Å². The fourth-order valence-corrected chi connectivity index (χ4v) is 4.58. The summed E-state index contributed by atoms with van der Waals surface area (Å²) in [6, 6.07) is 8.57. The van der Waals surface area contributed by atoms with Gasteiger partial charge in [-0.3, -0.25) is 15.4 Å². The van der Waals surface area contributed by atoms with Crippen LogP contribution in [0.4, 0.5) is 14.5 Å². The molecule has 0 bridgehead atoms. The van der Waals surface area contributed by atoms with Crippen LogP contribution in [0.15, 0.2) is 47.6 Å². The molecule has 35 heavy (non-hydrogen) atoms. The van der Waals surface area contributed by atoms with Crippen LogP contribution in [0, 0.1) is 11.6 Å². The Bertz CT molecular complexity index is 1200. The van der Waals surface area contributed by atoms with Crippen molar-refractivity contribution in [3.8, 4) is 0 Å². The van der Waals surface area contributed by atoms with Gasteiger partial charge < -0.3 is 15.0 Å². The summed E-state index contributed by atoms with van der Waals surface area (Å²) in [5.41, 5.74) is 7.57. The molecule has 0 saturated heterocycles. The molecule has 0 radical (unpaired) electrons. The summed E-state index contributed by atoms with van der Waals surface area (Å²) in [4.78, 5) is 6.31. The van der Waals surface area contributed by atoms with Crippen LogP contribution in [0.25, 0.3) is 5.70 Å². The first kappa shape index (κ1) is 27.0. The fourth-order valence-electron chi connectivity index (χ4n) is 3.28. The minimum absolute atomic E-state index is 0.000878. The van der Waals surface area contributed by atoms with Crippen LogP contribution in [0.2, 0.25) is 5.02 Å². The van der Waals surface area contributed by atoms with Gasteiger partial charge in [0.15, 0.2) is 0 Å². The quantitative estimate of drug-likeness (QED) is 0.305. The molecular weight excluding hydrogens is 500 g/mol. The highest BCUT2D eigenvalue weighted by Gasteiger charge is 2.27. The van der Waals surface area contributed by atoms with Gasteiger partial charge in [-0.15, -0.1) is 0 Å². The SMILES string of the molecule is CCN(CC)CCS(=O)(=O)Nc1ccc(C2=CNC(N)(OCc3c(F)ccc(F)c3Cl)C=N2)cc1. The molecule has 3 rings (SSSR count). The number of hydrogen-bond acceptors (Lipinski definition) is 7. The van der Waals surface area contributed by atoms with Crippen molar-refractivity contribution in [2.75, 3.05) is 30.1 Å². The first-order valence-corrected chi connectivity index (χ1v) is 13.0. The summed E-state index contributed by atoms with van der Waals surface area (Å²) in [6.07, 6.45) is 2.80. The average Bonchev–Trinajstić information content (AvgIpc) is 2.83. The number of sulfonamides is 1. The lowest BCUT2D eigenvalue weighted by Gasteiger charge is -2.29. The molecule has 0 aromatic heterocycles. The van der Waals surface area contributed by atoms with E-state index in [1.165, 1.54) is 12.4 Å². The maximum absolute atomic E-state index is 14.0. The van der Waals surface area contributed by atoms with Crippen molar-refractivity contribution in [3.05, 3.63) is 70.4 Å². The predicted molar refractivity (Wildman–Crippen MR) is 134 cm³/mol. The highest BCUT2D eigenvalue weighted by Crippen LogP contribution is 2.25. The van der Waals surface area contributed by atoms with E-state index in [1.54, 1.807) is 24.3 Å². The molecule has 12 heteroatoms. The molecule has 190 valence electrons. The molecule has 1 aliphatic heterocycles. The third-order valence-electron chi connectivity index (χ3n) is 5.45. The molecule has 1 aliphatic rings. The number of nitrogens with zero attached hydrogens (tertiary/aromatic N) is 2. The number of halogens is 3. The summed E-state index contributed by atoms with van der Waals surface area (Å²) < 4.78 is 60.3. The Labute approximate surface area is 208 Å². The summed E-state index contributed by atoms with van der Waals surface area (Å²) in [5.74, 6) is -3.04. The van der Waals surface area contributed by atoms with Gasteiger partial charge >= 0.3 is 0 Å². The Kier molecular flexibility index (Phi) is 8.84. The van der Waals surface area contributed by atoms with Gasteiger partial charge in [0.2, 0.25) is 15.9 Å². The van der Waals surface area contributed by atoms with Gasteiger partial charge in [0.05, 0.1) is 29.3 Å². The highest BCUT2D eigenvalue weighted by molar-refractivity contribution is 7.92. The number of hydrogen-bond donors (Lipinski definition) is 3. The number of aliphatic imine (C=N–C) groups is 1. The molecule has 1 unspecified atom stereocenters. The second kappa shape index (κ2) is 11.4. The van der Waals surface area contributed by atoms with Crippen molar-refractivity contribution in [2.24, 2.45) is 10.7 Å². The Morgan fingerprint density at radius 1 is 1.14 bits per heavy atom. The van der Waals surface area contributed by atoms with Crippen molar-refractivity contribution >= 4 is 39.2 Å². The van der Waals surface area contributed by atoms with Crippen molar-refractivity contribution in [1.29, 1.82) is 0 Å². The molecule has 0 aliphatic carbocycles. The van der Waals surface area contributed by atoms with Crippen LogP contribution in [-0.4, -0.2) is 50.8 Å². The topological polar surface area (TPSA) is 109 Å². The van der Waals surface area contributed by atoms with Crippen molar-refractivity contribution in [2.45, 2.75) is 26.3 Å². The molecule has 0 saturated carbocycles. The molecule has 0 spiro atoms. The van der Waals surface area contributed by atoms with Crippen LogP contribution < -0.4 is 15.8 Å². The minimum atomic E-state index is -3.48. The van der Waals surface area contributed by atoms with Crippen molar-refractivity contribution in [1.82, 2.24) is 10.2 Å². The number of benzene rings is 2. The average molecular weight is 528 g/mol. The normalized spacial score (nSPS) is 17.9. The number of rotatable bonds is 11. The molecule has 1 atom stereocenters. The van der Waals surface area contributed by atoms with Gasteiger partial charge in [0.1, 0.15) is 11.6 Å². The van der Waals surface area contributed by atoms with Gasteiger partial charge in [0.25, 0.3) is 0 Å². The molecule has 2 aromatic rings. The van der Waals surface area contributed by atoms with E-state index in [1.807, 2.05) is 18.7 Å². The zero-order valence-corrected chi connectivity index (χ0v) is 21.0. The van der Waals surface area contributed by atoms with E-state index < -0.39 is 27.5 Å². The summed E-state index contributed by atoms with van der Waals surface area (Å²) >= 11 is 5.82. The van der Waals surface area contributed by atoms with Crippen LogP contribution in [0.1, 0.15) is 25.0 Å². The summed E-state index contributed by atoms with van der Waals surface area (Å²) in [7, 11) is -3.48. The van der Waals surface area contributed by atoms with Crippen molar-refractivity contribution in [3.63, 3.8) is 0 Å². The molecule has 0 fully saturated rings. The molecule has 8 nitrogen and oxygen atoms in total. The Morgan fingerprint density at radius 2 is 1.80 bits per heavy atom. The molecule has 4 N–H and O–H groups in total. The fraction of sp³-hybridized carbons (Fsp3) is 0.348. The molecule has 1 heterocycles. The van der Waals surface area contributed by atoms with E-state index in [4.69, 9.17) is 22.1 Å². The van der Waals surface area contributed by atoms with E-state index >= 15 is 0 Å². The van der Waals surface area contributed by atoms with Gasteiger partial charge in [0, 0.05) is 29.6 Å². The maximum atomic E-state index is 14.0. The lowest BCUT2D eigenvalue weighted by molar-refractivity contribution is -0.0137. The van der Waals surface area contributed by atoms with E-state index in [9.17, 15) is 17.2 Å². The first-order valence-electron chi connectivity index (χ1n) is 11.0. The third kappa shape index (κ3) is 7.21. The predicted octanol–water partition coefficient (Wildman–Crippen LogP) is 3.50. The zero-order chi connectivity index (χ0) is 25.6. The Balaban J connectivity index is 1.59. The van der Waals surface area contributed by atoms with Crippen LogP contribution in [0.3, 0.4) is 0 Å². The second-order valence-corrected chi connectivity index (χ2v) is 10.1. The lowest BCUT2D eigenvalue weighted by Crippen LogP contribution is -2.56. The monoisotopic (exact) mass is 527 g/mol. The maximum Gasteiger partial charge on any atom is 0.233 e. The van der Waals surface area contributed by atoms with E-state index in [0.29, 0.717) is 23.5 Å². The van der Waals surface area contributed by atoms with E-state index in [-0.39, 0.29) is 22.9 Å². The smallest absolute Gasteiger partial charge is 0.233 e. The largest absolute Gasteiger partial charge is 0.345 e. The molecule has 2 aromatic carbocycles. The lowest BCUT2D eigenvalue weighted by atomic mass is 10.1. The van der Waals surface area contributed by atoms with Crippen LogP contribution in [-0.2, 0) is 21.4 Å². The Hall–Kier alpha value is -2.57. The molecule has 0 amide bonds. The van der Waals surface area contributed by atoms with E-state index in [2.05, 4.69) is 15.0 Å². The number of nitrogens with one attached hydrogen (secondary N) is 2. The van der Waals surface area contributed by atoms with Crippen LogP contribution >= 0.6 is 11.6 Å². The number of anilines is 1. The number of nitrogens with two attached hydrogens (primary N) is 1. The van der Waals surface area contributed by atoms with Crippen molar-refractivity contribution < 1.29 is 21.9 Å². The standard InChI is InChI=1S/C23H28ClF2N5O3S/c1-3-31(4-2)11-12-35(32,33)30-17-7-5-16(6-8-17)21-13-29-23(27,15-28-21)34-14-18-19(25)9-10-20(26)22(18)24/h5-10,13,15,29-30H,3-4,11-12,14,27H2,1-2H3.